The molecule has 1 aromatic heterocycles. The van der Waals surface area contributed by atoms with E-state index in [4.69, 9.17) is 5.73 Å². The maximum absolute atomic E-state index is 10.2. The van der Waals surface area contributed by atoms with Gasteiger partial charge in [0.2, 0.25) is 0 Å². The zero-order chi connectivity index (χ0) is 13.1. The molecule has 0 amide bonds. The zero-order valence-electron chi connectivity index (χ0n) is 10.0. The van der Waals surface area contributed by atoms with Crippen molar-refractivity contribution in [3.8, 4) is 0 Å². The van der Waals surface area contributed by atoms with Gasteiger partial charge in [-0.3, -0.25) is 4.68 Å². The van der Waals surface area contributed by atoms with Crippen LogP contribution in [0.3, 0.4) is 0 Å². The fourth-order valence-corrected chi connectivity index (χ4v) is 2.21. The van der Waals surface area contributed by atoms with E-state index in [0.29, 0.717) is 17.7 Å². The molecule has 1 aromatic carbocycles. The summed E-state index contributed by atoms with van der Waals surface area (Å²) in [6.45, 7) is 2.72. The first-order chi connectivity index (χ1) is 8.61. The molecule has 1 atom stereocenters. The maximum atomic E-state index is 10.2. The number of nitrogens with zero attached hydrogens (tertiary/aromatic N) is 3. The number of rotatable bonds is 4. The van der Waals surface area contributed by atoms with Crippen LogP contribution >= 0.6 is 15.9 Å². The first-order valence-corrected chi connectivity index (χ1v) is 6.50. The average molecular weight is 311 g/mol. The van der Waals surface area contributed by atoms with E-state index in [1.807, 2.05) is 19.1 Å². The average Bonchev–Trinajstić information content (AvgIpc) is 2.79. The van der Waals surface area contributed by atoms with E-state index in [2.05, 4.69) is 26.0 Å². The van der Waals surface area contributed by atoms with Crippen LogP contribution in [0.1, 0.15) is 24.4 Å². The molecule has 0 fully saturated rings. The molecule has 0 bridgehead atoms. The van der Waals surface area contributed by atoms with Crippen molar-refractivity contribution in [1.29, 1.82) is 0 Å². The molecule has 1 heterocycles. The van der Waals surface area contributed by atoms with Crippen molar-refractivity contribution in [1.82, 2.24) is 14.8 Å². The highest BCUT2D eigenvalue weighted by Crippen LogP contribution is 2.26. The molecule has 1 unspecified atom stereocenters. The first-order valence-electron chi connectivity index (χ1n) is 5.71. The molecule has 0 spiro atoms. The summed E-state index contributed by atoms with van der Waals surface area (Å²) >= 11 is 3.37. The Kier molecular flexibility index (Phi) is 3.98. The van der Waals surface area contributed by atoms with Gasteiger partial charge in [0, 0.05) is 28.7 Å². The van der Waals surface area contributed by atoms with E-state index in [9.17, 15) is 5.11 Å². The number of aromatic nitrogens is 3. The summed E-state index contributed by atoms with van der Waals surface area (Å²) in [5.74, 6) is 0.754. The standard InChI is InChI=1S/C12H15BrN4O/c1-2-17-12(15-7-16-17)6-11(18)9-5-8(13)3-4-10(9)14/h3-5,7,11,18H,2,6,14H2,1H3. The Bertz CT molecular complexity index is 541. The molecule has 2 aromatic rings. The normalized spacial score (nSPS) is 12.6. The third-order valence-corrected chi connectivity index (χ3v) is 3.27. The zero-order valence-corrected chi connectivity index (χ0v) is 11.6. The Labute approximate surface area is 114 Å². The molecular formula is C12H15BrN4O. The van der Waals surface area contributed by atoms with Crippen molar-refractivity contribution in [3.63, 3.8) is 0 Å². The summed E-state index contributed by atoms with van der Waals surface area (Å²) in [6, 6.07) is 5.44. The van der Waals surface area contributed by atoms with Crippen LogP contribution < -0.4 is 5.73 Å². The molecule has 0 aliphatic carbocycles. The molecule has 0 saturated carbocycles. The van der Waals surface area contributed by atoms with Gasteiger partial charge in [-0.25, -0.2) is 4.98 Å². The molecule has 0 radical (unpaired) electrons. The molecule has 6 heteroatoms. The lowest BCUT2D eigenvalue weighted by Crippen LogP contribution is -2.11. The van der Waals surface area contributed by atoms with E-state index < -0.39 is 6.10 Å². The molecule has 0 aliphatic heterocycles. The van der Waals surface area contributed by atoms with Gasteiger partial charge in [0.15, 0.2) is 0 Å². The molecule has 0 saturated heterocycles. The highest BCUT2D eigenvalue weighted by Gasteiger charge is 2.15. The van der Waals surface area contributed by atoms with E-state index in [1.165, 1.54) is 6.33 Å². The second-order valence-corrected chi connectivity index (χ2v) is 4.90. The number of halogens is 1. The van der Waals surface area contributed by atoms with Crippen LogP contribution in [-0.4, -0.2) is 19.9 Å². The van der Waals surface area contributed by atoms with Crippen molar-refractivity contribution in [3.05, 3.63) is 40.4 Å². The lowest BCUT2D eigenvalue weighted by Gasteiger charge is -2.13. The summed E-state index contributed by atoms with van der Waals surface area (Å²) in [4.78, 5) is 4.14. The Morgan fingerprint density at radius 2 is 2.28 bits per heavy atom. The van der Waals surface area contributed by atoms with Crippen LogP contribution in [0.2, 0.25) is 0 Å². The van der Waals surface area contributed by atoms with Gasteiger partial charge in [-0.2, -0.15) is 5.10 Å². The summed E-state index contributed by atoms with van der Waals surface area (Å²) < 4.78 is 2.65. The molecule has 0 aliphatic rings. The minimum absolute atomic E-state index is 0.397. The first kappa shape index (κ1) is 13.0. The molecule has 18 heavy (non-hydrogen) atoms. The quantitative estimate of drug-likeness (QED) is 0.846. The number of hydrogen-bond acceptors (Lipinski definition) is 4. The van der Waals surface area contributed by atoms with E-state index in [-0.39, 0.29) is 0 Å². The predicted octanol–water partition coefficient (Wildman–Crippen LogP) is 1.92. The SMILES string of the molecule is CCn1ncnc1CC(O)c1cc(Br)ccc1N. The van der Waals surface area contributed by atoms with Crippen LogP contribution in [0, 0.1) is 0 Å². The molecule has 2 rings (SSSR count). The number of anilines is 1. The topological polar surface area (TPSA) is 77.0 Å². The highest BCUT2D eigenvalue weighted by molar-refractivity contribution is 9.10. The minimum Gasteiger partial charge on any atom is -0.398 e. The Hall–Kier alpha value is -1.40. The number of aryl methyl sites for hydroxylation is 1. The van der Waals surface area contributed by atoms with Crippen LogP contribution in [0.15, 0.2) is 29.0 Å². The van der Waals surface area contributed by atoms with Gasteiger partial charge >= 0.3 is 0 Å². The van der Waals surface area contributed by atoms with Crippen LogP contribution in [0.4, 0.5) is 5.69 Å². The second-order valence-electron chi connectivity index (χ2n) is 3.99. The van der Waals surface area contributed by atoms with Crippen molar-refractivity contribution in [2.75, 3.05) is 5.73 Å². The van der Waals surface area contributed by atoms with Crippen molar-refractivity contribution >= 4 is 21.6 Å². The number of benzene rings is 1. The van der Waals surface area contributed by atoms with Gasteiger partial charge in [0.1, 0.15) is 12.2 Å². The number of nitrogens with two attached hydrogens (primary N) is 1. The van der Waals surface area contributed by atoms with Crippen LogP contribution in [0.25, 0.3) is 0 Å². The van der Waals surface area contributed by atoms with Gasteiger partial charge in [-0.15, -0.1) is 0 Å². The van der Waals surface area contributed by atoms with Gasteiger partial charge in [-0.05, 0) is 25.1 Å². The summed E-state index contributed by atoms with van der Waals surface area (Å²) in [5.41, 5.74) is 7.15. The summed E-state index contributed by atoms with van der Waals surface area (Å²) in [7, 11) is 0. The number of aliphatic hydroxyl groups excluding tert-OH is 1. The Balaban J connectivity index is 2.21. The fraction of sp³-hybridized carbons (Fsp3) is 0.333. The summed E-state index contributed by atoms with van der Waals surface area (Å²) in [5, 5.41) is 14.3. The van der Waals surface area contributed by atoms with E-state index in [1.54, 1.807) is 10.7 Å². The van der Waals surface area contributed by atoms with Gasteiger partial charge in [-0.1, -0.05) is 15.9 Å². The lowest BCUT2D eigenvalue weighted by atomic mass is 10.0. The number of hydrogen-bond donors (Lipinski definition) is 2. The number of aliphatic hydroxyl groups is 1. The third kappa shape index (κ3) is 2.70. The summed E-state index contributed by atoms with van der Waals surface area (Å²) in [6.07, 6.45) is 1.21. The van der Waals surface area contributed by atoms with Crippen molar-refractivity contribution < 1.29 is 5.11 Å². The third-order valence-electron chi connectivity index (χ3n) is 2.78. The Morgan fingerprint density at radius 1 is 1.50 bits per heavy atom. The largest absolute Gasteiger partial charge is 0.398 e. The maximum Gasteiger partial charge on any atom is 0.138 e. The fourth-order valence-electron chi connectivity index (χ4n) is 1.83. The molecular weight excluding hydrogens is 296 g/mol. The highest BCUT2D eigenvalue weighted by atomic mass is 79.9. The second kappa shape index (κ2) is 5.49. The Morgan fingerprint density at radius 3 is 3.00 bits per heavy atom. The van der Waals surface area contributed by atoms with E-state index >= 15 is 0 Å². The predicted molar refractivity (Wildman–Crippen MR) is 72.9 cm³/mol. The smallest absolute Gasteiger partial charge is 0.138 e. The molecule has 5 nitrogen and oxygen atoms in total. The monoisotopic (exact) mass is 310 g/mol. The number of nitrogen functional groups attached to an aromatic ring is 1. The van der Waals surface area contributed by atoms with Crippen LogP contribution in [-0.2, 0) is 13.0 Å². The van der Waals surface area contributed by atoms with Gasteiger partial charge < -0.3 is 10.8 Å². The lowest BCUT2D eigenvalue weighted by molar-refractivity contribution is 0.174. The van der Waals surface area contributed by atoms with Gasteiger partial charge in [0.05, 0.1) is 6.10 Å². The molecule has 3 N–H and O–H groups in total. The van der Waals surface area contributed by atoms with Crippen molar-refractivity contribution in [2.45, 2.75) is 26.0 Å². The van der Waals surface area contributed by atoms with Gasteiger partial charge in [0.25, 0.3) is 0 Å². The van der Waals surface area contributed by atoms with E-state index in [0.717, 1.165) is 16.8 Å². The van der Waals surface area contributed by atoms with Crippen LogP contribution in [0.5, 0.6) is 0 Å². The minimum atomic E-state index is -0.683. The molecule has 96 valence electrons. The van der Waals surface area contributed by atoms with Crippen molar-refractivity contribution in [2.24, 2.45) is 0 Å².